The lowest BCUT2D eigenvalue weighted by Gasteiger charge is -2.31. The van der Waals surface area contributed by atoms with E-state index in [0.717, 1.165) is 31.9 Å². The molecule has 0 spiro atoms. The van der Waals surface area contributed by atoms with Crippen LogP contribution in [0.4, 0.5) is 11.4 Å². The van der Waals surface area contributed by atoms with Crippen molar-refractivity contribution in [1.82, 2.24) is 9.47 Å². The van der Waals surface area contributed by atoms with Gasteiger partial charge in [-0.1, -0.05) is 51.2 Å². The normalized spacial score (nSPS) is 22.3. The summed E-state index contributed by atoms with van der Waals surface area (Å²) in [7, 11) is 3.90. The molecule has 40 heavy (non-hydrogen) atoms. The van der Waals surface area contributed by atoms with Crippen molar-refractivity contribution >= 4 is 68.1 Å². The molecule has 0 aliphatic carbocycles. The number of benzene rings is 2. The van der Waals surface area contributed by atoms with Crippen LogP contribution < -0.4 is 14.7 Å². The lowest BCUT2D eigenvalue weighted by molar-refractivity contribution is -0.136. The van der Waals surface area contributed by atoms with E-state index >= 15 is 0 Å². The molecule has 3 atom stereocenters. The largest absolute Gasteiger partial charge is 0.378 e. The first-order chi connectivity index (χ1) is 19.2. The highest BCUT2D eigenvalue weighted by molar-refractivity contribution is 9.10. The quantitative estimate of drug-likeness (QED) is 0.394. The Morgan fingerprint density at radius 1 is 1.00 bits per heavy atom. The summed E-state index contributed by atoms with van der Waals surface area (Å²) in [5, 5.41) is -0.126. The number of morpholine rings is 1. The van der Waals surface area contributed by atoms with Crippen molar-refractivity contribution in [3.05, 3.63) is 73.1 Å². The number of anilines is 2. The van der Waals surface area contributed by atoms with Crippen LogP contribution in [0.5, 0.6) is 0 Å². The molecule has 208 valence electrons. The van der Waals surface area contributed by atoms with Gasteiger partial charge in [0.15, 0.2) is 0 Å². The molecular weight excluding hydrogens is 616 g/mol. The average molecular weight is 644 g/mol. The summed E-state index contributed by atoms with van der Waals surface area (Å²) < 4.78 is 7.69. The second-order valence-electron chi connectivity index (χ2n) is 10.1. The number of rotatable bonds is 5. The molecular formula is C28H27BrN4O5S2. The van der Waals surface area contributed by atoms with Crippen LogP contribution in [0.15, 0.2) is 62.8 Å². The van der Waals surface area contributed by atoms with Crippen LogP contribution in [0.3, 0.4) is 0 Å². The van der Waals surface area contributed by atoms with Crippen LogP contribution in [0.1, 0.15) is 16.4 Å². The maximum absolute atomic E-state index is 14.0. The van der Waals surface area contributed by atoms with Gasteiger partial charge in [0.05, 0.1) is 29.8 Å². The maximum atomic E-state index is 14.0. The first-order valence-electron chi connectivity index (χ1n) is 12.9. The molecule has 2 aromatic carbocycles. The predicted molar refractivity (Wildman–Crippen MR) is 158 cm³/mol. The number of carbonyl (C=O) groups is 3. The van der Waals surface area contributed by atoms with Crippen molar-refractivity contribution in [3.8, 4) is 0 Å². The van der Waals surface area contributed by atoms with E-state index in [1.807, 2.05) is 43.3 Å². The first kappa shape index (κ1) is 27.3. The number of nitrogens with zero attached hydrogens (tertiary/aromatic N) is 4. The molecule has 0 bridgehead atoms. The minimum Gasteiger partial charge on any atom is -0.378 e. The number of ether oxygens (including phenoxy) is 1. The Labute approximate surface area is 247 Å². The number of thiazole rings is 1. The third-order valence-corrected chi connectivity index (χ3v) is 10.7. The molecule has 12 heteroatoms. The summed E-state index contributed by atoms with van der Waals surface area (Å²) in [6, 6.07) is 15.0. The van der Waals surface area contributed by atoms with Crippen LogP contribution >= 0.6 is 39.0 Å². The molecule has 3 aliphatic rings. The number of amides is 3. The van der Waals surface area contributed by atoms with Crippen LogP contribution in [-0.4, -0.2) is 72.8 Å². The molecule has 0 unspecified atom stereocenters. The summed E-state index contributed by atoms with van der Waals surface area (Å²) in [5.74, 6) is -1.93. The minimum absolute atomic E-state index is 0.111. The van der Waals surface area contributed by atoms with E-state index in [0.29, 0.717) is 37.0 Å². The Balaban J connectivity index is 1.43. The van der Waals surface area contributed by atoms with Gasteiger partial charge < -0.3 is 14.5 Å². The maximum Gasteiger partial charge on any atom is 0.308 e. The van der Waals surface area contributed by atoms with Gasteiger partial charge in [-0.05, 0) is 42.0 Å². The zero-order valence-electron chi connectivity index (χ0n) is 21.9. The number of carbonyl (C=O) groups excluding carboxylic acids is 3. The van der Waals surface area contributed by atoms with Crippen LogP contribution in [0.25, 0.3) is 0 Å². The highest BCUT2D eigenvalue weighted by Gasteiger charge is 2.56. The lowest BCUT2D eigenvalue weighted by atomic mass is 9.83. The minimum atomic E-state index is -0.721. The molecule has 1 aromatic heterocycles. The van der Waals surface area contributed by atoms with E-state index in [-0.39, 0.29) is 29.1 Å². The third kappa shape index (κ3) is 4.70. The second kappa shape index (κ2) is 10.8. The van der Waals surface area contributed by atoms with E-state index in [2.05, 4.69) is 15.9 Å². The Kier molecular flexibility index (Phi) is 7.36. The molecule has 9 nitrogen and oxygen atoms in total. The van der Waals surface area contributed by atoms with Crippen LogP contribution in [-0.2, 0) is 25.7 Å². The van der Waals surface area contributed by atoms with Gasteiger partial charge in [-0.25, -0.2) is 4.90 Å². The number of aromatic nitrogens is 1. The van der Waals surface area contributed by atoms with Crippen LogP contribution in [0.2, 0.25) is 0 Å². The molecule has 3 amide bonds. The Morgan fingerprint density at radius 3 is 2.33 bits per heavy atom. The highest BCUT2D eigenvalue weighted by Crippen LogP contribution is 2.54. The van der Waals surface area contributed by atoms with Gasteiger partial charge in [0.25, 0.3) is 0 Å². The smallest absolute Gasteiger partial charge is 0.308 e. The average Bonchev–Trinajstić information content (AvgIpc) is 3.40. The van der Waals surface area contributed by atoms with E-state index in [9.17, 15) is 19.2 Å². The zero-order valence-corrected chi connectivity index (χ0v) is 25.1. The Morgan fingerprint density at radius 2 is 1.68 bits per heavy atom. The molecule has 4 heterocycles. The van der Waals surface area contributed by atoms with Crippen LogP contribution in [0, 0.1) is 5.92 Å². The van der Waals surface area contributed by atoms with E-state index in [1.54, 1.807) is 29.2 Å². The first-order valence-corrected chi connectivity index (χ1v) is 15.4. The third-order valence-electron chi connectivity index (χ3n) is 7.56. The molecule has 3 aromatic rings. The van der Waals surface area contributed by atoms with Crippen molar-refractivity contribution in [1.29, 1.82) is 0 Å². The molecule has 0 radical (unpaired) electrons. The predicted octanol–water partition coefficient (Wildman–Crippen LogP) is 3.39. The molecule has 2 saturated heterocycles. The molecule has 0 N–H and O–H groups in total. The summed E-state index contributed by atoms with van der Waals surface area (Å²) in [6.45, 7) is 1.78. The topological polar surface area (TPSA) is 92.2 Å². The molecule has 6 rings (SSSR count). The number of halogens is 1. The number of hydrogen-bond donors (Lipinski definition) is 0. The van der Waals surface area contributed by atoms with Gasteiger partial charge in [0.1, 0.15) is 11.8 Å². The fraction of sp³-hybridized carbons (Fsp3) is 0.357. The van der Waals surface area contributed by atoms with Gasteiger partial charge in [-0.3, -0.25) is 23.7 Å². The summed E-state index contributed by atoms with van der Waals surface area (Å²) in [4.78, 5) is 59.7. The van der Waals surface area contributed by atoms with E-state index < -0.39 is 17.1 Å². The van der Waals surface area contributed by atoms with Gasteiger partial charge in [-0.2, -0.15) is 0 Å². The summed E-state index contributed by atoms with van der Waals surface area (Å²) in [5.41, 5.74) is 2.37. The highest BCUT2D eigenvalue weighted by atomic mass is 79.9. The Bertz CT molecular complexity index is 1530. The Hall–Kier alpha value is -2.93. The number of thioether (sulfide) groups is 1. The van der Waals surface area contributed by atoms with Crippen molar-refractivity contribution < 1.29 is 19.1 Å². The van der Waals surface area contributed by atoms with E-state index in [1.165, 1.54) is 21.2 Å². The number of imide groups is 1. The SMILES string of the molecule is CN(C)c1ccc([C@@H]2c3sc(=O)n(CC(=O)N4CCOCC4)c3S[C@H]3C(=O)N(c4ccc(Br)cc4)C(=O)[C@@H]23)cc1. The molecule has 0 saturated carbocycles. The summed E-state index contributed by atoms with van der Waals surface area (Å²) >= 11 is 5.71. The zero-order chi connectivity index (χ0) is 28.1. The van der Waals surface area contributed by atoms with E-state index in [4.69, 9.17) is 4.74 Å². The van der Waals surface area contributed by atoms with Gasteiger partial charge in [0, 0.05) is 48.1 Å². The second-order valence-corrected chi connectivity index (χ2v) is 13.2. The number of hydrogen-bond acceptors (Lipinski definition) is 8. The van der Waals surface area contributed by atoms with Gasteiger partial charge in [-0.15, -0.1) is 0 Å². The number of fused-ring (bicyclic) bond motifs is 2. The fourth-order valence-electron chi connectivity index (χ4n) is 5.49. The summed E-state index contributed by atoms with van der Waals surface area (Å²) in [6.07, 6.45) is 0. The lowest BCUT2D eigenvalue weighted by Crippen LogP contribution is -2.43. The van der Waals surface area contributed by atoms with Crippen molar-refractivity contribution in [3.63, 3.8) is 0 Å². The van der Waals surface area contributed by atoms with Crippen molar-refractivity contribution in [2.45, 2.75) is 22.7 Å². The van der Waals surface area contributed by atoms with Crippen molar-refractivity contribution in [2.75, 3.05) is 50.2 Å². The monoisotopic (exact) mass is 642 g/mol. The van der Waals surface area contributed by atoms with Gasteiger partial charge >= 0.3 is 4.87 Å². The molecule has 2 fully saturated rings. The van der Waals surface area contributed by atoms with Crippen molar-refractivity contribution in [2.24, 2.45) is 5.92 Å². The standard InChI is InChI=1S/C28H27BrN4O5S2/c1-30(2)18-7-3-16(4-8-18)21-22-23(26(36)33(25(22)35)19-9-5-17(29)6-10-19)39-27-24(21)40-28(37)32(27)15-20(34)31-11-13-38-14-12-31/h3-10,21-23H,11-15H2,1-2H3/t21-,22-,23+/m0/s1. The van der Waals surface area contributed by atoms with Gasteiger partial charge in [0.2, 0.25) is 17.7 Å². The fourth-order valence-corrected chi connectivity index (χ4v) is 8.52. The molecule has 3 aliphatic heterocycles.